The zero-order valence-corrected chi connectivity index (χ0v) is 7.32. The topological polar surface area (TPSA) is 105 Å². The third-order valence-electron chi connectivity index (χ3n) is 1.28. The fourth-order valence-electron chi connectivity index (χ4n) is 0.726. The molecule has 0 saturated heterocycles. The van der Waals surface area contributed by atoms with E-state index in [4.69, 9.17) is 11.5 Å². The molecule has 0 aromatic carbocycles. The number of primary amides is 2. The Kier molecular flexibility index (Phi) is 6.39. The minimum atomic E-state index is -0.770. The van der Waals surface area contributed by atoms with E-state index in [2.05, 4.69) is 9.47 Å². The van der Waals surface area contributed by atoms with Crippen LogP contribution in [0.3, 0.4) is 0 Å². The highest BCUT2D eigenvalue weighted by molar-refractivity contribution is 5.64. The van der Waals surface area contributed by atoms with Crippen molar-refractivity contribution in [2.24, 2.45) is 11.5 Å². The van der Waals surface area contributed by atoms with Gasteiger partial charge in [0.25, 0.3) is 0 Å². The molecule has 4 N–H and O–H groups in total. The summed E-state index contributed by atoms with van der Waals surface area (Å²) in [5.74, 6) is 0. The Bertz CT molecular complexity index is 154. The maximum absolute atomic E-state index is 10.1. The number of carbonyl (C=O) groups excluding carboxylic acids is 2. The van der Waals surface area contributed by atoms with Gasteiger partial charge in [0.05, 0.1) is 13.2 Å². The Labute approximate surface area is 76.2 Å². The van der Waals surface area contributed by atoms with Crippen LogP contribution in [0.5, 0.6) is 0 Å². The van der Waals surface area contributed by atoms with E-state index in [-0.39, 0.29) is 0 Å². The van der Waals surface area contributed by atoms with Crippen molar-refractivity contribution in [3.8, 4) is 0 Å². The summed E-state index contributed by atoms with van der Waals surface area (Å²) in [5, 5.41) is 0. The van der Waals surface area contributed by atoms with Gasteiger partial charge >= 0.3 is 12.2 Å². The summed E-state index contributed by atoms with van der Waals surface area (Å²) in [6.07, 6.45) is 0.651. The van der Waals surface area contributed by atoms with Crippen LogP contribution in [0.15, 0.2) is 0 Å². The molecule has 0 unspecified atom stereocenters. The molecule has 0 aromatic rings. The minimum absolute atomic E-state index is 0.298. The average molecular weight is 190 g/mol. The van der Waals surface area contributed by atoms with Gasteiger partial charge < -0.3 is 20.9 Å². The molecule has 0 rings (SSSR count). The zero-order valence-electron chi connectivity index (χ0n) is 7.32. The second-order valence-electron chi connectivity index (χ2n) is 2.40. The second kappa shape index (κ2) is 7.20. The third kappa shape index (κ3) is 10.5. The van der Waals surface area contributed by atoms with Gasteiger partial charge in [-0.15, -0.1) is 0 Å². The summed E-state index contributed by atoms with van der Waals surface area (Å²) in [7, 11) is 0. The molecule has 0 spiro atoms. The summed E-state index contributed by atoms with van der Waals surface area (Å²) in [5.41, 5.74) is 9.45. The maximum Gasteiger partial charge on any atom is 0.404 e. The van der Waals surface area contributed by atoms with Gasteiger partial charge in [-0.3, -0.25) is 0 Å². The molecule has 0 heterocycles. The van der Waals surface area contributed by atoms with Crippen molar-refractivity contribution in [1.29, 1.82) is 0 Å². The van der Waals surface area contributed by atoms with Crippen molar-refractivity contribution in [2.75, 3.05) is 13.2 Å². The monoisotopic (exact) mass is 190 g/mol. The number of hydrogen-bond donors (Lipinski definition) is 2. The number of carbonyl (C=O) groups is 2. The smallest absolute Gasteiger partial charge is 0.404 e. The standard InChI is InChI=1S/C7H14N2O4/c8-6(10)12-4-2-1-3-5-13-7(9)11/h1-5H2,(H2,8,10)(H2,9,11). The molecular weight excluding hydrogens is 176 g/mol. The molecule has 0 aliphatic carbocycles. The van der Waals surface area contributed by atoms with E-state index >= 15 is 0 Å². The minimum Gasteiger partial charge on any atom is -0.450 e. The molecule has 0 aliphatic heterocycles. The largest absolute Gasteiger partial charge is 0.450 e. The molecule has 0 radical (unpaired) electrons. The third-order valence-corrected chi connectivity index (χ3v) is 1.28. The summed E-state index contributed by atoms with van der Waals surface area (Å²) in [6.45, 7) is 0.595. The predicted octanol–water partition coefficient (Wildman–Crippen LogP) is 0.347. The van der Waals surface area contributed by atoms with Crippen LogP contribution >= 0.6 is 0 Å². The molecule has 6 nitrogen and oxygen atoms in total. The Balaban J connectivity index is 3.00. The van der Waals surface area contributed by atoms with Gasteiger partial charge in [-0.2, -0.15) is 0 Å². The lowest BCUT2D eigenvalue weighted by Gasteiger charge is -2.01. The molecule has 6 heteroatoms. The van der Waals surface area contributed by atoms with Crippen LogP contribution in [0, 0.1) is 0 Å². The lowest BCUT2D eigenvalue weighted by molar-refractivity contribution is 0.147. The quantitative estimate of drug-likeness (QED) is 0.589. The molecule has 0 bridgehead atoms. The highest BCUT2D eigenvalue weighted by atomic mass is 16.5. The summed E-state index contributed by atoms with van der Waals surface area (Å²) >= 11 is 0. The number of unbranched alkanes of at least 4 members (excludes halogenated alkanes) is 2. The van der Waals surface area contributed by atoms with Crippen LogP contribution in [0.1, 0.15) is 19.3 Å². The van der Waals surface area contributed by atoms with E-state index in [1.165, 1.54) is 0 Å². The number of ether oxygens (including phenoxy) is 2. The van der Waals surface area contributed by atoms with Crippen molar-refractivity contribution in [3.05, 3.63) is 0 Å². The molecule has 0 aromatic heterocycles. The highest BCUT2D eigenvalue weighted by Gasteiger charge is 1.95. The van der Waals surface area contributed by atoms with Crippen molar-refractivity contribution in [2.45, 2.75) is 19.3 Å². The molecular formula is C7H14N2O4. The van der Waals surface area contributed by atoms with Crippen LogP contribution in [0.2, 0.25) is 0 Å². The fraction of sp³-hybridized carbons (Fsp3) is 0.714. The number of nitrogens with two attached hydrogens (primary N) is 2. The van der Waals surface area contributed by atoms with Crippen LogP contribution in [0.25, 0.3) is 0 Å². The van der Waals surface area contributed by atoms with Gasteiger partial charge in [0, 0.05) is 0 Å². The van der Waals surface area contributed by atoms with E-state index in [9.17, 15) is 9.59 Å². The normalized spacial score (nSPS) is 9.23. The Morgan fingerprint density at radius 3 is 1.54 bits per heavy atom. The van der Waals surface area contributed by atoms with E-state index in [0.717, 1.165) is 6.42 Å². The Morgan fingerprint density at radius 1 is 0.846 bits per heavy atom. The average Bonchev–Trinajstić information content (AvgIpc) is 2.01. The first-order valence-corrected chi connectivity index (χ1v) is 3.97. The molecule has 0 saturated carbocycles. The van der Waals surface area contributed by atoms with Crippen LogP contribution in [0.4, 0.5) is 9.59 Å². The lowest BCUT2D eigenvalue weighted by atomic mass is 10.2. The van der Waals surface area contributed by atoms with Crippen molar-refractivity contribution in [1.82, 2.24) is 0 Å². The van der Waals surface area contributed by atoms with Gasteiger partial charge in [0.2, 0.25) is 0 Å². The molecule has 13 heavy (non-hydrogen) atoms. The lowest BCUT2D eigenvalue weighted by Crippen LogP contribution is -2.14. The van der Waals surface area contributed by atoms with Crippen LogP contribution in [-0.4, -0.2) is 25.4 Å². The van der Waals surface area contributed by atoms with E-state index in [1.807, 2.05) is 0 Å². The SMILES string of the molecule is NC(=O)OCCCCCOC(N)=O. The predicted molar refractivity (Wildman–Crippen MR) is 44.9 cm³/mol. The van der Waals surface area contributed by atoms with Gasteiger partial charge in [-0.05, 0) is 19.3 Å². The van der Waals surface area contributed by atoms with E-state index in [0.29, 0.717) is 26.1 Å². The molecule has 0 aliphatic rings. The fourth-order valence-corrected chi connectivity index (χ4v) is 0.726. The Morgan fingerprint density at radius 2 is 1.23 bits per heavy atom. The van der Waals surface area contributed by atoms with Gasteiger partial charge in [0.15, 0.2) is 0 Å². The van der Waals surface area contributed by atoms with Crippen molar-refractivity contribution < 1.29 is 19.1 Å². The number of hydrogen-bond acceptors (Lipinski definition) is 4. The van der Waals surface area contributed by atoms with E-state index in [1.54, 1.807) is 0 Å². The van der Waals surface area contributed by atoms with Gasteiger partial charge in [0.1, 0.15) is 0 Å². The molecule has 0 atom stereocenters. The molecule has 2 amide bonds. The van der Waals surface area contributed by atoms with Gasteiger partial charge in [-0.25, -0.2) is 9.59 Å². The first-order valence-electron chi connectivity index (χ1n) is 3.97. The van der Waals surface area contributed by atoms with Gasteiger partial charge in [-0.1, -0.05) is 0 Å². The Hall–Kier alpha value is -1.46. The summed E-state index contributed by atoms with van der Waals surface area (Å²) in [4.78, 5) is 20.2. The maximum atomic E-state index is 10.1. The second-order valence-corrected chi connectivity index (χ2v) is 2.40. The number of rotatable bonds is 6. The van der Waals surface area contributed by atoms with Crippen molar-refractivity contribution >= 4 is 12.2 Å². The molecule has 76 valence electrons. The van der Waals surface area contributed by atoms with Crippen LogP contribution < -0.4 is 11.5 Å². The first kappa shape index (κ1) is 11.5. The van der Waals surface area contributed by atoms with Crippen molar-refractivity contribution in [3.63, 3.8) is 0 Å². The highest BCUT2D eigenvalue weighted by Crippen LogP contribution is 1.96. The number of amides is 2. The van der Waals surface area contributed by atoms with Crippen LogP contribution in [-0.2, 0) is 9.47 Å². The van der Waals surface area contributed by atoms with E-state index < -0.39 is 12.2 Å². The summed E-state index contributed by atoms with van der Waals surface area (Å²) in [6, 6.07) is 0. The zero-order chi connectivity index (χ0) is 10.1. The first-order chi connectivity index (χ1) is 6.13. The molecule has 0 fully saturated rings. The summed E-state index contributed by atoms with van der Waals surface area (Å²) < 4.78 is 8.95.